The molecule has 1 aliphatic rings. The van der Waals surface area contributed by atoms with E-state index >= 15 is 0 Å². The first kappa shape index (κ1) is 15.1. The van der Waals surface area contributed by atoms with Gasteiger partial charge in [-0.15, -0.1) is 6.58 Å². The minimum Gasteiger partial charge on any atom is -0.370 e. The van der Waals surface area contributed by atoms with E-state index in [0.29, 0.717) is 6.17 Å². The molecule has 0 fully saturated rings. The summed E-state index contributed by atoms with van der Waals surface area (Å²) in [4.78, 5) is 2.31. The van der Waals surface area contributed by atoms with Gasteiger partial charge in [0, 0.05) is 25.5 Å². The van der Waals surface area contributed by atoms with Crippen LogP contribution in [0.1, 0.15) is 51.4 Å². The van der Waals surface area contributed by atoms with Crippen LogP contribution in [0.25, 0.3) is 0 Å². The van der Waals surface area contributed by atoms with Gasteiger partial charge in [-0.05, 0) is 25.7 Å². The highest BCUT2D eigenvalue weighted by atomic mass is 15.3. The van der Waals surface area contributed by atoms with Crippen molar-refractivity contribution in [2.45, 2.75) is 57.5 Å². The molecule has 18 heavy (non-hydrogen) atoms. The predicted octanol–water partition coefficient (Wildman–Crippen LogP) is 2.95. The molecule has 1 rings (SSSR count). The van der Waals surface area contributed by atoms with Gasteiger partial charge in [-0.25, -0.2) is 0 Å². The van der Waals surface area contributed by atoms with Crippen molar-refractivity contribution in [3.63, 3.8) is 0 Å². The van der Waals surface area contributed by atoms with Gasteiger partial charge in [-0.1, -0.05) is 31.8 Å². The number of allylic oxidation sites excluding steroid dienone is 1. The fourth-order valence-corrected chi connectivity index (χ4v) is 2.41. The standard InChI is InChI=1S/C15H29N3/c1-2-3-4-5-6-7-8-9-10-15-17-12-14-18(15)13-11-16/h2,12,14-15,17H,1,3-11,13,16H2. The van der Waals surface area contributed by atoms with Crippen LogP contribution in [-0.2, 0) is 0 Å². The summed E-state index contributed by atoms with van der Waals surface area (Å²) < 4.78 is 0. The van der Waals surface area contributed by atoms with Gasteiger partial charge in [-0.3, -0.25) is 0 Å². The topological polar surface area (TPSA) is 41.3 Å². The van der Waals surface area contributed by atoms with E-state index in [0.717, 1.165) is 13.1 Å². The third-order valence-corrected chi connectivity index (χ3v) is 3.48. The maximum atomic E-state index is 5.59. The van der Waals surface area contributed by atoms with Crippen LogP contribution in [0.2, 0.25) is 0 Å². The Hall–Kier alpha value is -0.960. The summed E-state index contributed by atoms with van der Waals surface area (Å²) in [6, 6.07) is 0. The zero-order chi connectivity index (χ0) is 13.1. The minimum absolute atomic E-state index is 0.481. The lowest BCUT2D eigenvalue weighted by Gasteiger charge is -2.25. The highest BCUT2D eigenvalue weighted by Gasteiger charge is 2.16. The third-order valence-electron chi connectivity index (χ3n) is 3.48. The molecule has 104 valence electrons. The molecule has 1 aliphatic heterocycles. The Morgan fingerprint density at radius 2 is 1.89 bits per heavy atom. The van der Waals surface area contributed by atoms with E-state index in [1.165, 1.54) is 51.4 Å². The summed E-state index contributed by atoms with van der Waals surface area (Å²) in [6.45, 7) is 5.43. The molecule has 3 heteroatoms. The van der Waals surface area contributed by atoms with Crippen molar-refractivity contribution in [1.29, 1.82) is 0 Å². The third kappa shape index (κ3) is 6.10. The van der Waals surface area contributed by atoms with Gasteiger partial charge in [-0.2, -0.15) is 0 Å². The van der Waals surface area contributed by atoms with Crippen molar-refractivity contribution in [1.82, 2.24) is 10.2 Å². The van der Waals surface area contributed by atoms with Crippen LogP contribution in [0, 0.1) is 0 Å². The van der Waals surface area contributed by atoms with E-state index in [-0.39, 0.29) is 0 Å². The van der Waals surface area contributed by atoms with E-state index in [1.54, 1.807) is 0 Å². The molecule has 1 unspecified atom stereocenters. The van der Waals surface area contributed by atoms with Crippen LogP contribution in [0.15, 0.2) is 25.1 Å². The Balaban J connectivity index is 1.93. The second-order valence-electron chi connectivity index (χ2n) is 5.01. The number of unbranched alkanes of at least 4 members (excludes halogenated alkanes) is 6. The van der Waals surface area contributed by atoms with Crippen LogP contribution in [-0.4, -0.2) is 24.2 Å². The fraction of sp³-hybridized carbons (Fsp3) is 0.733. The van der Waals surface area contributed by atoms with Gasteiger partial charge in [0.1, 0.15) is 0 Å². The van der Waals surface area contributed by atoms with Crippen LogP contribution >= 0.6 is 0 Å². The maximum absolute atomic E-state index is 5.59. The van der Waals surface area contributed by atoms with Gasteiger partial charge in [0.2, 0.25) is 0 Å². The van der Waals surface area contributed by atoms with Gasteiger partial charge < -0.3 is 16.0 Å². The summed E-state index contributed by atoms with van der Waals surface area (Å²) in [5.74, 6) is 0. The maximum Gasteiger partial charge on any atom is 0.0981 e. The molecule has 3 nitrogen and oxygen atoms in total. The van der Waals surface area contributed by atoms with Gasteiger partial charge >= 0.3 is 0 Å². The number of nitrogens with two attached hydrogens (primary N) is 1. The monoisotopic (exact) mass is 251 g/mol. The molecule has 0 saturated heterocycles. The van der Waals surface area contributed by atoms with E-state index in [4.69, 9.17) is 5.73 Å². The molecule has 0 aromatic rings. The van der Waals surface area contributed by atoms with Crippen LogP contribution in [0.4, 0.5) is 0 Å². The normalized spacial score (nSPS) is 18.1. The molecule has 0 spiro atoms. The van der Waals surface area contributed by atoms with Gasteiger partial charge in [0.05, 0.1) is 6.17 Å². The lowest BCUT2D eigenvalue weighted by Crippen LogP contribution is -2.37. The largest absolute Gasteiger partial charge is 0.370 e. The molecule has 0 amide bonds. The lowest BCUT2D eigenvalue weighted by atomic mass is 10.1. The summed E-state index contributed by atoms with van der Waals surface area (Å²) in [5.41, 5.74) is 5.59. The van der Waals surface area contributed by atoms with E-state index < -0.39 is 0 Å². The number of hydrogen-bond acceptors (Lipinski definition) is 3. The second kappa shape index (κ2) is 10.0. The highest BCUT2D eigenvalue weighted by molar-refractivity contribution is 4.93. The van der Waals surface area contributed by atoms with Crippen LogP contribution in [0.3, 0.4) is 0 Å². The molecule has 0 aromatic heterocycles. The highest BCUT2D eigenvalue weighted by Crippen LogP contribution is 2.14. The van der Waals surface area contributed by atoms with E-state index in [9.17, 15) is 0 Å². The van der Waals surface area contributed by atoms with E-state index in [1.807, 2.05) is 12.3 Å². The molecule has 0 radical (unpaired) electrons. The zero-order valence-electron chi connectivity index (χ0n) is 11.6. The summed E-state index contributed by atoms with van der Waals surface area (Å²) in [5, 5.41) is 3.39. The number of hydrogen-bond donors (Lipinski definition) is 2. The van der Waals surface area contributed by atoms with Crippen molar-refractivity contribution in [2.24, 2.45) is 5.73 Å². The average molecular weight is 251 g/mol. The molecule has 1 atom stereocenters. The summed E-state index contributed by atoms with van der Waals surface area (Å²) in [7, 11) is 0. The minimum atomic E-state index is 0.481. The second-order valence-corrected chi connectivity index (χ2v) is 5.01. The van der Waals surface area contributed by atoms with Crippen molar-refractivity contribution in [2.75, 3.05) is 13.1 Å². The molecule has 0 saturated carbocycles. The van der Waals surface area contributed by atoms with Gasteiger partial charge in [0.25, 0.3) is 0 Å². The first-order chi connectivity index (χ1) is 8.88. The van der Waals surface area contributed by atoms with Crippen molar-refractivity contribution in [3.05, 3.63) is 25.1 Å². The summed E-state index contributed by atoms with van der Waals surface area (Å²) >= 11 is 0. The van der Waals surface area contributed by atoms with Crippen molar-refractivity contribution in [3.8, 4) is 0 Å². The number of nitrogens with zero attached hydrogens (tertiary/aromatic N) is 1. The summed E-state index contributed by atoms with van der Waals surface area (Å²) in [6.07, 6.45) is 17.1. The molecular weight excluding hydrogens is 222 g/mol. The lowest BCUT2D eigenvalue weighted by molar-refractivity contribution is 0.264. The van der Waals surface area contributed by atoms with Gasteiger partial charge in [0.15, 0.2) is 0 Å². The number of rotatable bonds is 11. The Morgan fingerprint density at radius 1 is 1.17 bits per heavy atom. The Labute approximate surface area is 112 Å². The number of nitrogens with one attached hydrogen (secondary N) is 1. The molecule has 0 aromatic carbocycles. The first-order valence-electron chi connectivity index (χ1n) is 7.38. The zero-order valence-corrected chi connectivity index (χ0v) is 11.6. The van der Waals surface area contributed by atoms with Crippen molar-refractivity contribution >= 4 is 0 Å². The quantitative estimate of drug-likeness (QED) is 0.438. The molecule has 0 aliphatic carbocycles. The van der Waals surface area contributed by atoms with Crippen molar-refractivity contribution < 1.29 is 0 Å². The SMILES string of the molecule is C=CCCCCCCCCC1NC=CN1CCN. The first-order valence-corrected chi connectivity index (χ1v) is 7.38. The average Bonchev–Trinajstić information content (AvgIpc) is 2.81. The van der Waals surface area contributed by atoms with Crippen LogP contribution < -0.4 is 11.1 Å². The van der Waals surface area contributed by atoms with E-state index in [2.05, 4.69) is 23.0 Å². The molecule has 0 bridgehead atoms. The molecule has 3 N–H and O–H groups in total. The fourth-order valence-electron chi connectivity index (χ4n) is 2.41. The Bertz CT molecular complexity index is 238. The predicted molar refractivity (Wildman–Crippen MR) is 79.0 cm³/mol. The molecule has 1 heterocycles. The van der Waals surface area contributed by atoms with Crippen LogP contribution in [0.5, 0.6) is 0 Å². The Kier molecular flexibility index (Phi) is 8.40. The smallest absolute Gasteiger partial charge is 0.0981 e. The molecular formula is C15H29N3. The Morgan fingerprint density at radius 3 is 2.61 bits per heavy atom.